The van der Waals surface area contributed by atoms with Crippen molar-refractivity contribution in [2.24, 2.45) is 0 Å². The summed E-state index contributed by atoms with van der Waals surface area (Å²) in [6.45, 7) is 1.09. The fourth-order valence-corrected chi connectivity index (χ4v) is 3.88. The molecule has 2 atom stereocenters. The van der Waals surface area contributed by atoms with Crippen LogP contribution < -0.4 is 10.6 Å². The van der Waals surface area contributed by atoms with E-state index >= 15 is 0 Å². The van der Waals surface area contributed by atoms with Gasteiger partial charge in [0.2, 0.25) is 0 Å². The third-order valence-electron chi connectivity index (χ3n) is 5.19. The van der Waals surface area contributed by atoms with Crippen LogP contribution in [-0.4, -0.2) is 40.0 Å². The number of nitrogens with zero attached hydrogens (tertiary/aromatic N) is 2. The van der Waals surface area contributed by atoms with Crippen LogP contribution in [-0.2, 0) is 5.54 Å². The van der Waals surface area contributed by atoms with E-state index < -0.39 is 11.6 Å². The maximum Gasteiger partial charge on any atom is 0.253 e. The molecule has 0 unspecified atom stereocenters. The number of β-amino-alcohol motifs (C(OH)–C–C–N with tert-alkyl or cyclic N) is 1. The van der Waals surface area contributed by atoms with Gasteiger partial charge < -0.3 is 15.7 Å². The van der Waals surface area contributed by atoms with Crippen LogP contribution in [0.25, 0.3) is 5.69 Å². The summed E-state index contributed by atoms with van der Waals surface area (Å²) in [5.41, 5.74) is 1.07. The van der Waals surface area contributed by atoms with Crippen LogP contribution in [0.15, 0.2) is 67.0 Å². The minimum atomic E-state index is -0.880. The van der Waals surface area contributed by atoms with Gasteiger partial charge in [-0.2, -0.15) is 5.10 Å². The lowest BCUT2D eigenvalue weighted by Crippen LogP contribution is -2.61. The predicted molar refractivity (Wildman–Crippen MR) is 108 cm³/mol. The van der Waals surface area contributed by atoms with E-state index in [-0.39, 0.29) is 5.91 Å². The first-order chi connectivity index (χ1) is 13.6. The van der Waals surface area contributed by atoms with Gasteiger partial charge >= 0.3 is 0 Å². The van der Waals surface area contributed by atoms with Gasteiger partial charge in [-0.1, -0.05) is 41.9 Å². The van der Waals surface area contributed by atoms with E-state index in [0.29, 0.717) is 30.1 Å². The number of halogens is 1. The molecule has 1 aromatic heterocycles. The van der Waals surface area contributed by atoms with Gasteiger partial charge in [-0.3, -0.25) is 4.79 Å². The summed E-state index contributed by atoms with van der Waals surface area (Å²) in [5, 5.41) is 21.6. The molecular weight excluding hydrogens is 376 g/mol. The zero-order valence-corrected chi connectivity index (χ0v) is 15.9. The number of benzene rings is 2. The molecule has 1 saturated heterocycles. The Morgan fingerprint density at radius 1 is 1.25 bits per heavy atom. The number of hydrogen-bond acceptors (Lipinski definition) is 4. The zero-order valence-electron chi connectivity index (χ0n) is 15.2. The number of piperidine rings is 1. The Bertz CT molecular complexity index is 962. The fourth-order valence-electron chi connectivity index (χ4n) is 3.68. The first-order valence-electron chi connectivity index (χ1n) is 9.16. The van der Waals surface area contributed by atoms with E-state index in [1.807, 2.05) is 36.4 Å². The molecular formula is C21H21ClN4O2. The van der Waals surface area contributed by atoms with Gasteiger partial charge in [0.1, 0.15) is 0 Å². The Morgan fingerprint density at radius 3 is 2.79 bits per heavy atom. The van der Waals surface area contributed by atoms with Gasteiger partial charge in [0.15, 0.2) is 0 Å². The molecule has 1 fully saturated rings. The van der Waals surface area contributed by atoms with Crippen molar-refractivity contribution in [3.63, 3.8) is 0 Å². The summed E-state index contributed by atoms with van der Waals surface area (Å²) < 4.78 is 1.67. The lowest BCUT2D eigenvalue weighted by molar-refractivity contribution is 0.0290. The van der Waals surface area contributed by atoms with Gasteiger partial charge in [-0.25, -0.2) is 4.68 Å². The van der Waals surface area contributed by atoms with Crippen molar-refractivity contribution < 1.29 is 9.90 Å². The molecule has 144 valence electrons. The molecule has 3 aromatic rings. The number of nitrogens with one attached hydrogen (secondary N) is 2. The Hall–Kier alpha value is -2.67. The van der Waals surface area contributed by atoms with Gasteiger partial charge in [0.25, 0.3) is 5.91 Å². The molecule has 2 aromatic carbocycles. The lowest BCUT2D eigenvalue weighted by atomic mass is 9.79. The van der Waals surface area contributed by atoms with Gasteiger partial charge in [-0.15, -0.1) is 0 Å². The van der Waals surface area contributed by atoms with Crippen molar-refractivity contribution in [1.29, 1.82) is 0 Å². The summed E-state index contributed by atoms with van der Waals surface area (Å²) >= 11 is 6.33. The van der Waals surface area contributed by atoms with Crippen molar-refractivity contribution in [2.45, 2.75) is 18.1 Å². The van der Waals surface area contributed by atoms with E-state index in [4.69, 9.17) is 11.6 Å². The highest BCUT2D eigenvalue weighted by molar-refractivity contribution is 6.34. The zero-order chi connectivity index (χ0) is 19.6. The molecule has 0 bridgehead atoms. The summed E-state index contributed by atoms with van der Waals surface area (Å²) in [6, 6.07) is 16.6. The Kier molecular flexibility index (Phi) is 5.17. The molecule has 3 N–H and O–H groups in total. The number of aliphatic hydroxyl groups is 1. The highest BCUT2D eigenvalue weighted by Gasteiger charge is 2.43. The summed E-state index contributed by atoms with van der Waals surface area (Å²) in [4.78, 5) is 13.2. The molecule has 4 rings (SSSR count). The van der Waals surface area contributed by atoms with E-state index in [9.17, 15) is 9.90 Å². The first kappa shape index (κ1) is 18.7. The van der Waals surface area contributed by atoms with Crippen molar-refractivity contribution in [3.8, 4) is 5.69 Å². The van der Waals surface area contributed by atoms with Crippen LogP contribution in [0.5, 0.6) is 0 Å². The summed E-state index contributed by atoms with van der Waals surface area (Å²) in [6.07, 6.45) is 3.28. The van der Waals surface area contributed by atoms with E-state index in [1.54, 1.807) is 35.3 Å². The normalized spacial score (nSPS) is 22.0. The van der Waals surface area contributed by atoms with Gasteiger partial charge in [-0.05, 0) is 42.8 Å². The molecule has 6 nitrogen and oxygen atoms in total. The molecule has 1 amide bonds. The third-order valence-corrected chi connectivity index (χ3v) is 5.52. The SMILES string of the molecule is O=C(N[C@]1(c2ccccc2)CCNC[C@H]1O)c1cc(-n2cccn2)ccc1Cl. The summed E-state index contributed by atoms with van der Waals surface area (Å²) in [7, 11) is 0. The van der Waals surface area contributed by atoms with Crippen molar-refractivity contribution >= 4 is 17.5 Å². The maximum absolute atomic E-state index is 13.2. The minimum Gasteiger partial charge on any atom is -0.389 e. The van der Waals surface area contributed by atoms with E-state index in [1.165, 1.54) is 0 Å². The van der Waals surface area contributed by atoms with Gasteiger partial charge in [0.05, 0.1) is 27.9 Å². The van der Waals surface area contributed by atoms with Crippen LogP contribution in [0, 0.1) is 0 Å². The molecule has 0 saturated carbocycles. The summed E-state index contributed by atoms with van der Waals surface area (Å²) in [5.74, 6) is -0.330. The van der Waals surface area contributed by atoms with E-state index in [0.717, 1.165) is 11.3 Å². The van der Waals surface area contributed by atoms with Crippen LogP contribution in [0.3, 0.4) is 0 Å². The Morgan fingerprint density at radius 2 is 2.07 bits per heavy atom. The molecule has 28 heavy (non-hydrogen) atoms. The van der Waals surface area contributed by atoms with Crippen LogP contribution in [0.2, 0.25) is 5.02 Å². The highest BCUT2D eigenvalue weighted by Crippen LogP contribution is 2.32. The number of rotatable bonds is 4. The van der Waals surface area contributed by atoms with Gasteiger partial charge in [0, 0.05) is 18.9 Å². The molecule has 2 heterocycles. The fraction of sp³-hybridized carbons (Fsp3) is 0.238. The first-order valence-corrected chi connectivity index (χ1v) is 9.54. The van der Waals surface area contributed by atoms with Crippen LogP contribution >= 0.6 is 11.6 Å². The number of aromatic nitrogens is 2. The number of carbonyl (C=O) groups excluding carboxylic acids is 1. The van der Waals surface area contributed by atoms with Crippen molar-refractivity contribution in [2.75, 3.05) is 13.1 Å². The molecule has 1 aliphatic heterocycles. The van der Waals surface area contributed by atoms with E-state index in [2.05, 4.69) is 15.7 Å². The minimum absolute atomic E-state index is 0.330. The predicted octanol–water partition coefficient (Wildman–Crippen LogP) is 2.51. The standard InChI is InChI=1S/C21H21ClN4O2/c22-18-8-7-16(26-12-4-10-24-26)13-17(18)20(28)25-21(9-11-23-14-19(21)27)15-5-2-1-3-6-15/h1-8,10,12-13,19,23,27H,9,11,14H2,(H,25,28)/t19-,21+/m1/s1. The second-order valence-electron chi connectivity index (χ2n) is 6.88. The number of carbonyl (C=O) groups is 1. The molecule has 7 heteroatoms. The Labute approximate surface area is 168 Å². The monoisotopic (exact) mass is 396 g/mol. The average molecular weight is 397 g/mol. The Balaban J connectivity index is 1.70. The molecule has 0 spiro atoms. The van der Waals surface area contributed by atoms with Crippen molar-refractivity contribution in [1.82, 2.24) is 20.4 Å². The quantitative estimate of drug-likeness (QED) is 0.633. The number of aliphatic hydroxyl groups excluding tert-OH is 1. The smallest absolute Gasteiger partial charge is 0.253 e. The topological polar surface area (TPSA) is 79.2 Å². The average Bonchev–Trinajstić information content (AvgIpc) is 3.25. The molecule has 0 aliphatic carbocycles. The second kappa shape index (κ2) is 7.75. The highest BCUT2D eigenvalue weighted by atomic mass is 35.5. The number of amides is 1. The van der Waals surface area contributed by atoms with Crippen LogP contribution in [0.4, 0.5) is 0 Å². The largest absolute Gasteiger partial charge is 0.389 e. The van der Waals surface area contributed by atoms with Crippen molar-refractivity contribution in [3.05, 3.63) is 83.1 Å². The second-order valence-corrected chi connectivity index (χ2v) is 7.28. The molecule has 1 aliphatic rings. The number of hydrogen-bond donors (Lipinski definition) is 3. The molecule has 0 radical (unpaired) electrons. The van der Waals surface area contributed by atoms with Crippen LogP contribution in [0.1, 0.15) is 22.3 Å². The lowest BCUT2D eigenvalue weighted by Gasteiger charge is -2.43. The maximum atomic E-state index is 13.2. The third kappa shape index (κ3) is 3.42.